The van der Waals surface area contributed by atoms with Gasteiger partial charge in [-0.2, -0.15) is 0 Å². The monoisotopic (exact) mass is 261 g/mol. The first kappa shape index (κ1) is 11.0. The van der Waals surface area contributed by atoms with Crippen LogP contribution in [0.4, 0.5) is 10.1 Å². The van der Waals surface area contributed by atoms with Crippen LogP contribution in [0, 0.1) is 5.82 Å². The average molecular weight is 262 g/mol. The number of hydrogen-bond acceptors (Lipinski definition) is 3. The van der Waals surface area contributed by atoms with Gasteiger partial charge in [0.15, 0.2) is 17.3 Å². The molecule has 0 atom stereocenters. The van der Waals surface area contributed by atoms with Crippen molar-refractivity contribution in [2.75, 3.05) is 18.2 Å². The van der Waals surface area contributed by atoms with Crippen LogP contribution < -0.4 is 10.5 Å². The van der Waals surface area contributed by atoms with Crippen molar-refractivity contribution in [3.05, 3.63) is 23.5 Å². The summed E-state index contributed by atoms with van der Waals surface area (Å²) in [6.07, 6.45) is 0. The van der Waals surface area contributed by atoms with Crippen molar-refractivity contribution in [3.63, 3.8) is 0 Å². The van der Waals surface area contributed by atoms with Gasteiger partial charge in [0.1, 0.15) is 0 Å². The maximum atomic E-state index is 13.2. The maximum Gasteiger partial charge on any atom is 0.175 e. The zero-order chi connectivity index (χ0) is 10.7. The van der Waals surface area contributed by atoms with Crippen LogP contribution in [-0.2, 0) is 0 Å². The van der Waals surface area contributed by atoms with E-state index in [2.05, 4.69) is 15.9 Å². The van der Waals surface area contributed by atoms with Gasteiger partial charge >= 0.3 is 0 Å². The van der Waals surface area contributed by atoms with Gasteiger partial charge in [0, 0.05) is 17.3 Å². The smallest absolute Gasteiger partial charge is 0.175 e. The molecule has 1 aromatic rings. The van der Waals surface area contributed by atoms with Gasteiger partial charge in [-0.25, -0.2) is 4.39 Å². The minimum atomic E-state index is -0.592. The lowest BCUT2D eigenvalue weighted by atomic mass is 10.1. The summed E-state index contributed by atoms with van der Waals surface area (Å²) in [4.78, 5) is 11.3. The van der Waals surface area contributed by atoms with Crippen LogP contribution >= 0.6 is 15.9 Å². The number of ether oxygens (including phenoxy) is 1. The van der Waals surface area contributed by atoms with E-state index in [-0.39, 0.29) is 28.1 Å². The lowest BCUT2D eigenvalue weighted by Crippen LogP contribution is -2.06. The van der Waals surface area contributed by atoms with Gasteiger partial charge in [0.2, 0.25) is 0 Å². The molecule has 0 aromatic heterocycles. The largest absolute Gasteiger partial charge is 0.494 e. The molecule has 0 fully saturated rings. The highest BCUT2D eigenvalue weighted by Crippen LogP contribution is 2.24. The number of ketones is 1. The van der Waals surface area contributed by atoms with Crippen molar-refractivity contribution in [2.45, 2.75) is 0 Å². The summed E-state index contributed by atoms with van der Waals surface area (Å²) in [7, 11) is 1.34. The number of hydrogen-bond donors (Lipinski definition) is 1. The van der Waals surface area contributed by atoms with Crippen LogP contribution in [0.5, 0.6) is 5.75 Å². The highest BCUT2D eigenvalue weighted by molar-refractivity contribution is 9.09. The van der Waals surface area contributed by atoms with Crippen LogP contribution in [0.15, 0.2) is 12.1 Å². The number of carbonyl (C=O) groups is 1. The molecule has 1 aromatic carbocycles. The molecular formula is C9H9BrFNO2. The number of anilines is 1. The third kappa shape index (κ3) is 2.04. The summed E-state index contributed by atoms with van der Waals surface area (Å²) in [5.41, 5.74) is 5.94. The molecule has 1 rings (SSSR count). The normalized spacial score (nSPS) is 9.93. The van der Waals surface area contributed by atoms with Gasteiger partial charge in [0.25, 0.3) is 0 Å². The number of rotatable bonds is 3. The van der Waals surface area contributed by atoms with E-state index in [1.807, 2.05) is 0 Å². The lowest BCUT2D eigenvalue weighted by molar-refractivity contribution is 0.102. The summed E-state index contributed by atoms with van der Waals surface area (Å²) in [5, 5.41) is 0.114. The van der Waals surface area contributed by atoms with Gasteiger partial charge in [-0.3, -0.25) is 4.79 Å². The van der Waals surface area contributed by atoms with Gasteiger partial charge in [-0.05, 0) is 6.07 Å². The first-order valence-corrected chi connectivity index (χ1v) is 4.94. The molecule has 2 N–H and O–H groups in total. The summed E-state index contributed by atoms with van der Waals surface area (Å²) in [6.45, 7) is 0. The Kier molecular flexibility index (Phi) is 3.46. The van der Waals surface area contributed by atoms with Crippen molar-refractivity contribution in [3.8, 4) is 5.75 Å². The Balaban J connectivity index is 3.21. The molecule has 0 aliphatic rings. The van der Waals surface area contributed by atoms with Crippen molar-refractivity contribution < 1.29 is 13.9 Å². The van der Waals surface area contributed by atoms with Gasteiger partial charge in [0.05, 0.1) is 12.4 Å². The fourth-order valence-corrected chi connectivity index (χ4v) is 1.34. The fourth-order valence-electron chi connectivity index (χ4n) is 1.04. The van der Waals surface area contributed by atoms with E-state index in [0.29, 0.717) is 0 Å². The van der Waals surface area contributed by atoms with Gasteiger partial charge < -0.3 is 10.5 Å². The second-order valence-corrected chi connectivity index (χ2v) is 3.19. The molecule has 0 unspecified atom stereocenters. The highest BCUT2D eigenvalue weighted by Gasteiger charge is 2.13. The molecule has 0 spiro atoms. The van der Waals surface area contributed by atoms with E-state index in [1.165, 1.54) is 13.2 Å². The zero-order valence-electron chi connectivity index (χ0n) is 7.51. The van der Waals surface area contributed by atoms with Gasteiger partial charge in [-0.1, -0.05) is 15.9 Å². The third-order valence-electron chi connectivity index (χ3n) is 1.75. The fraction of sp³-hybridized carbons (Fsp3) is 0.222. The van der Waals surface area contributed by atoms with Crippen LogP contribution in [0.2, 0.25) is 0 Å². The highest BCUT2D eigenvalue weighted by atomic mass is 79.9. The standard InChI is InChI=1S/C9H9BrFNO2/c1-14-9-3-7(12)5(2-6(9)11)8(13)4-10/h2-3H,4,12H2,1H3. The minimum Gasteiger partial charge on any atom is -0.494 e. The number of nitrogens with two attached hydrogens (primary N) is 1. The Morgan fingerprint density at radius 2 is 2.29 bits per heavy atom. The number of benzene rings is 1. The van der Waals surface area contributed by atoms with E-state index in [4.69, 9.17) is 10.5 Å². The number of nitrogen functional groups attached to an aromatic ring is 1. The second-order valence-electron chi connectivity index (χ2n) is 2.63. The molecule has 0 saturated heterocycles. The number of methoxy groups -OCH3 is 1. The summed E-state index contributed by atoms with van der Waals surface area (Å²) < 4.78 is 17.9. The van der Waals surface area contributed by atoms with Crippen molar-refractivity contribution in [1.82, 2.24) is 0 Å². The van der Waals surface area contributed by atoms with Crippen LogP contribution in [0.1, 0.15) is 10.4 Å². The first-order chi connectivity index (χ1) is 6.60. The molecule has 0 saturated carbocycles. The summed E-state index contributed by atoms with van der Waals surface area (Å²) in [5.74, 6) is -0.816. The molecule has 14 heavy (non-hydrogen) atoms. The predicted octanol–water partition coefficient (Wildman–Crippen LogP) is 1.99. The summed E-state index contributed by atoms with van der Waals surface area (Å²) in [6, 6.07) is 2.38. The molecule has 3 nitrogen and oxygen atoms in total. The number of carbonyl (C=O) groups excluding carboxylic acids is 1. The second kappa shape index (κ2) is 4.41. The van der Waals surface area contributed by atoms with Crippen molar-refractivity contribution >= 4 is 27.4 Å². The first-order valence-electron chi connectivity index (χ1n) is 3.82. The SMILES string of the molecule is COc1cc(N)c(C(=O)CBr)cc1F. The molecule has 76 valence electrons. The third-order valence-corrected chi connectivity index (χ3v) is 2.26. The Bertz CT molecular complexity index is 368. The minimum absolute atomic E-state index is 0.0358. The Hall–Kier alpha value is -1.10. The molecule has 0 bridgehead atoms. The predicted molar refractivity (Wildman–Crippen MR) is 55.5 cm³/mol. The number of halogens is 2. The van der Waals surface area contributed by atoms with Crippen LogP contribution in [-0.4, -0.2) is 18.2 Å². The average Bonchev–Trinajstić information content (AvgIpc) is 2.19. The molecule has 0 heterocycles. The molecular weight excluding hydrogens is 253 g/mol. The van der Waals surface area contributed by atoms with E-state index in [0.717, 1.165) is 6.07 Å². The maximum absolute atomic E-state index is 13.2. The van der Waals surface area contributed by atoms with E-state index in [9.17, 15) is 9.18 Å². The van der Waals surface area contributed by atoms with Crippen LogP contribution in [0.25, 0.3) is 0 Å². The summed E-state index contributed by atoms with van der Waals surface area (Å²) >= 11 is 2.99. The van der Waals surface area contributed by atoms with E-state index in [1.54, 1.807) is 0 Å². The lowest BCUT2D eigenvalue weighted by Gasteiger charge is -2.06. The molecule has 5 heteroatoms. The van der Waals surface area contributed by atoms with Gasteiger partial charge in [-0.15, -0.1) is 0 Å². The zero-order valence-corrected chi connectivity index (χ0v) is 9.10. The molecule has 0 radical (unpaired) electrons. The Morgan fingerprint density at radius 1 is 1.64 bits per heavy atom. The molecule has 0 amide bonds. The van der Waals surface area contributed by atoms with E-state index >= 15 is 0 Å². The van der Waals surface area contributed by atoms with Crippen molar-refractivity contribution in [1.29, 1.82) is 0 Å². The Morgan fingerprint density at radius 3 is 2.79 bits per heavy atom. The van der Waals surface area contributed by atoms with E-state index < -0.39 is 5.82 Å². The quantitative estimate of drug-likeness (QED) is 0.515. The van der Waals surface area contributed by atoms with Crippen LogP contribution in [0.3, 0.4) is 0 Å². The number of alkyl halides is 1. The topological polar surface area (TPSA) is 52.3 Å². The van der Waals surface area contributed by atoms with Crippen molar-refractivity contribution in [2.24, 2.45) is 0 Å². The number of Topliss-reactive ketones (excluding diaryl/α,β-unsaturated/α-hetero) is 1. The molecule has 0 aliphatic heterocycles. The Labute approximate surface area is 89.2 Å². The molecule has 0 aliphatic carbocycles.